The summed E-state index contributed by atoms with van der Waals surface area (Å²) >= 11 is 0. The van der Waals surface area contributed by atoms with Gasteiger partial charge in [0.1, 0.15) is 19.3 Å². The smallest absolute Gasteiger partial charge is 0.330 e. The summed E-state index contributed by atoms with van der Waals surface area (Å²) < 4.78 is 53.4. The zero-order valence-electron chi connectivity index (χ0n) is 11.3. The number of halogens is 4. The van der Waals surface area contributed by atoms with Crippen molar-refractivity contribution in [2.45, 2.75) is 30.9 Å². The second-order valence-corrected chi connectivity index (χ2v) is 4.73. The van der Waals surface area contributed by atoms with Crippen molar-refractivity contribution in [1.82, 2.24) is 10.2 Å². The number of carbonyl (C=O) groups is 2. The van der Waals surface area contributed by atoms with Gasteiger partial charge in [0, 0.05) is 19.6 Å². The number of nitrogens with one attached hydrogen (secondary N) is 1. The molecule has 1 rings (SSSR count). The molecular weight excluding hydrogens is 298 g/mol. The van der Waals surface area contributed by atoms with E-state index in [-0.39, 0.29) is 13.0 Å². The fourth-order valence-corrected chi connectivity index (χ4v) is 1.98. The number of amides is 2. The predicted octanol–water partition coefficient (Wildman–Crippen LogP) is -0.422. The van der Waals surface area contributed by atoms with Gasteiger partial charge in [0.15, 0.2) is 0 Å². The fourth-order valence-electron chi connectivity index (χ4n) is 1.98. The van der Waals surface area contributed by atoms with Crippen LogP contribution in [0.25, 0.3) is 0 Å². The minimum absolute atomic E-state index is 0.0749. The Bertz CT molecular complexity index is 395. The molecule has 0 spiro atoms. The summed E-state index contributed by atoms with van der Waals surface area (Å²) in [6, 6.07) is -1.23. The molecule has 6 nitrogen and oxygen atoms in total. The SMILES string of the molecule is CNC(=O)[C@@H]1C[C@H](N)CN1C(=O)COCC(F)(F)C(F)F. The van der Waals surface area contributed by atoms with Crippen LogP contribution >= 0.6 is 0 Å². The van der Waals surface area contributed by atoms with Crippen molar-refractivity contribution < 1.29 is 31.9 Å². The Morgan fingerprint density at radius 2 is 2.10 bits per heavy atom. The molecule has 0 aromatic carbocycles. The number of rotatable bonds is 6. The van der Waals surface area contributed by atoms with Gasteiger partial charge in [-0.05, 0) is 6.42 Å². The maximum atomic E-state index is 12.6. The summed E-state index contributed by atoms with van der Waals surface area (Å²) in [7, 11) is 1.38. The zero-order chi connectivity index (χ0) is 16.2. The number of carbonyl (C=O) groups excluding carboxylic acids is 2. The molecule has 122 valence electrons. The molecule has 0 saturated carbocycles. The van der Waals surface area contributed by atoms with Crippen molar-refractivity contribution in [3.63, 3.8) is 0 Å². The summed E-state index contributed by atoms with van der Waals surface area (Å²) in [6.45, 7) is -2.31. The molecule has 1 fully saturated rings. The van der Waals surface area contributed by atoms with Crippen LogP contribution in [-0.4, -0.2) is 68.0 Å². The third-order valence-corrected chi connectivity index (χ3v) is 3.04. The molecular formula is C11H17F4N3O3. The molecule has 1 saturated heterocycles. The van der Waals surface area contributed by atoms with E-state index in [9.17, 15) is 27.2 Å². The van der Waals surface area contributed by atoms with Crippen molar-refractivity contribution in [2.24, 2.45) is 5.73 Å². The van der Waals surface area contributed by atoms with Gasteiger partial charge >= 0.3 is 12.3 Å². The first-order valence-electron chi connectivity index (χ1n) is 6.19. The van der Waals surface area contributed by atoms with Crippen molar-refractivity contribution in [2.75, 3.05) is 26.8 Å². The Morgan fingerprint density at radius 3 is 2.62 bits per heavy atom. The van der Waals surface area contributed by atoms with Crippen LogP contribution in [0.4, 0.5) is 17.6 Å². The van der Waals surface area contributed by atoms with Crippen LogP contribution in [0.5, 0.6) is 0 Å². The van der Waals surface area contributed by atoms with Gasteiger partial charge in [0.2, 0.25) is 11.8 Å². The van der Waals surface area contributed by atoms with Gasteiger partial charge < -0.3 is 20.7 Å². The minimum atomic E-state index is -4.32. The number of alkyl halides is 4. The summed E-state index contributed by atoms with van der Waals surface area (Å²) in [5.74, 6) is -5.50. The van der Waals surface area contributed by atoms with E-state index < -0.39 is 49.5 Å². The number of likely N-dealkylation sites (N-methyl/N-ethyl adjacent to an activating group) is 1. The van der Waals surface area contributed by atoms with Crippen LogP contribution in [0, 0.1) is 0 Å². The van der Waals surface area contributed by atoms with Gasteiger partial charge in [0.05, 0.1) is 0 Å². The molecule has 2 amide bonds. The van der Waals surface area contributed by atoms with E-state index in [0.717, 1.165) is 4.90 Å². The normalized spacial score (nSPS) is 22.7. The number of likely N-dealkylation sites (tertiary alicyclic amines) is 1. The highest BCUT2D eigenvalue weighted by molar-refractivity contribution is 5.88. The maximum absolute atomic E-state index is 12.6. The third-order valence-electron chi connectivity index (χ3n) is 3.04. The fraction of sp³-hybridized carbons (Fsp3) is 0.818. The first-order chi connectivity index (χ1) is 9.69. The van der Waals surface area contributed by atoms with Gasteiger partial charge in [-0.3, -0.25) is 9.59 Å². The lowest BCUT2D eigenvalue weighted by molar-refractivity contribution is -0.171. The Kier molecular flexibility index (Phi) is 5.90. The highest BCUT2D eigenvalue weighted by atomic mass is 19.3. The summed E-state index contributed by atoms with van der Waals surface area (Å²) in [4.78, 5) is 24.5. The largest absolute Gasteiger partial charge is 0.365 e. The van der Waals surface area contributed by atoms with Gasteiger partial charge in [-0.1, -0.05) is 0 Å². The van der Waals surface area contributed by atoms with Gasteiger partial charge in [-0.2, -0.15) is 8.78 Å². The Morgan fingerprint density at radius 1 is 1.48 bits per heavy atom. The molecule has 0 bridgehead atoms. The number of hydrogen-bond acceptors (Lipinski definition) is 4. The highest BCUT2D eigenvalue weighted by Gasteiger charge is 2.42. The van der Waals surface area contributed by atoms with Crippen molar-refractivity contribution in [1.29, 1.82) is 0 Å². The first kappa shape index (κ1) is 17.6. The maximum Gasteiger partial charge on any atom is 0.330 e. The molecule has 0 aliphatic carbocycles. The quantitative estimate of drug-likeness (QED) is 0.652. The molecule has 0 radical (unpaired) electrons. The molecule has 0 aromatic heterocycles. The van der Waals surface area contributed by atoms with Gasteiger partial charge in [0.25, 0.3) is 0 Å². The molecule has 0 unspecified atom stereocenters. The number of nitrogens with zero attached hydrogens (tertiary/aromatic N) is 1. The topological polar surface area (TPSA) is 84.7 Å². The summed E-state index contributed by atoms with van der Waals surface area (Å²) in [5, 5.41) is 2.36. The Labute approximate surface area is 118 Å². The van der Waals surface area contributed by atoms with Crippen LogP contribution in [0.2, 0.25) is 0 Å². The molecule has 2 atom stereocenters. The van der Waals surface area contributed by atoms with Crippen LogP contribution in [-0.2, 0) is 14.3 Å². The van der Waals surface area contributed by atoms with Gasteiger partial charge in [-0.25, -0.2) is 8.78 Å². The third kappa shape index (κ3) is 4.53. The van der Waals surface area contributed by atoms with Crippen LogP contribution in [0.3, 0.4) is 0 Å². The average Bonchev–Trinajstić information content (AvgIpc) is 2.79. The lowest BCUT2D eigenvalue weighted by Gasteiger charge is -2.23. The molecule has 0 aromatic rings. The van der Waals surface area contributed by atoms with Crippen molar-refractivity contribution in [3.05, 3.63) is 0 Å². The summed E-state index contributed by atoms with van der Waals surface area (Å²) in [6.07, 6.45) is -3.63. The monoisotopic (exact) mass is 315 g/mol. The van der Waals surface area contributed by atoms with E-state index in [4.69, 9.17) is 5.73 Å². The standard InChI is InChI=1S/C11H17F4N3O3/c1-17-9(20)7-2-6(16)3-18(7)8(19)4-21-5-11(14,15)10(12)13/h6-7,10H,2-5,16H2,1H3,(H,17,20)/t6-,7-/m0/s1. The molecule has 3 N–H and O–H groups in total. The Balaban J connectivity index is 2.53. The van der Waals surface area contributed by atoms with Crippen molar-refractivity contribution >= 4 is 11.8 Å². The first-order valence-corrected chi connectivity index (χ1v) is 6.19. The highest BCUT2D eigenvalue weighted by Crippen LogP contribution is 2.23. The number of nitrogens with two attached hydrogens (primary N) is 1. The van der Waals surface area contributed by atoms with E-state index in [2.05, 4.69) is 10.1 Å². The van der Waals surface area contributed by atoms with E-state index in [1.807, 2.05) is 0 Å². The molecule has 10 heteroatoms. The van der Waals surface area contributed by atoms with E-state index in [0.29, 0.717) is 0 Å². The predicted molar refractivity (Wildman–Crippen MR) is 63.9 cm³/mol. The molecule has 1 aliphatic rings. The Hall–Kier alpha value is -1.42. The van der Waals surface area contributed by atoms with Crippen molar-refractivity contribution in [3.8, 4) is 0 Å². The number of hydrogen-bond donors (Lipinski definition) is 2. The lowest BCUT2D eigenvalue weighted by Crippen LogP contribution is -2.46. The minimum Gasteiger partial charge on any atom is -0.365 e. The van der Waals surface area contributed by atoms with E-state index in [1.165, 1.54) is 7.05 Å². The van der Waals surface area contributed by atoms with E-state index >= 15 is 0 Å². The zero-order valence-corrected chi connectivity index (χ0v) is 11.3. The molecule has 1 heterocycles. The lowest BCUT2D eigenvalue weighted by atomic mass is 10.1. The second kappa shape index (κ2) is 7.03. The van der Waals surface area contributed by atoms with E-state index in [1.54, 1.807) is 0 Å². The number of ether oxygens (including phenoxy) is 1. The average molecular weight is 315 g/mol. The molecule has 21 heavy (non-hydrogen) atoms. The second-order valence-electron chi connectivity index (χ2n) is 4.73. The summed E-state index contributed by atoms with van der Waals surface area (Å²) in [5.41, 5.74) is 5.65. The van der Waals surface area contributed by atoms with Crippen LogP contribution in [0.15, 0.2) is 0 Å². The van der Waals surface area contributed by atoms with Crippen LogP contribution < -0.4 is 11.1 Å². The van der Waals surface area contributed by atoms with Gasteiger partial charge in [-0.15, -0.1) is 0 Å². The molecule has 1 aliphatic heterocycles. The van der Waals surface area contributed by atoms with Crippen LogP contribution in [0.1, 0.15) is 6.42 Å².